The predicted molar refractivity (Wildman–Crippen MR) is 224 cm³/mol. The molecule has 4 aromatic carbocycles. The second-order valence-electron chi connectivity index (χ2n) is 15.0. The summed E-state index contributed by atoms with van der Waals surface area (Å²) in [4.78, 5) is 0. The molecule has 3 unspecified atom stereocenters. The van der Waals surface area contributed by atoms with E-state index >= 15 is 0 Å². The van der Waals surface area contributed by atoms with Crippen LogP contribution >= 0.6 is 0 Å². The van der Waals surface area contributed by atoms with E-state index in [0.29, 0.717) is 39.3 Å². The van der Waals surface area contributed by atoms with Gasteiger partial charge in [-0.3, -0.25) is 0 Å². The zero-order chi connectivity index (χ0) is 39.4. The summed E-state index contributed by atoms with van der Waals surface area (Å²) in [6, 6.07) is 28.8. The van der Waals surface area contributed by atoms with Crippen LogP contribution in [0.15, 0.2) is 117 Å². The van der Waals surface area contributed by atoms with Crippen LogP contribution in [0.2, 0.25) is 0 Å². The molecular weight excluding hydrogens is 685 g/mol. The Morgan fingerprint density at radius 3 is 1.62 bits per heavy atom. The Bertz CT molecular complexity index is 1880. The normalized spacial score (nSPS) is 15.4. The fourth-order valence-electron chi connectivity index (χ4n) is 7.12. The van der Waals surface area contributed by atoms with E-state index in [1.807, 2.05) is 18.2 Å². The molecule has 0 bridgehead atoms. The Morgan fingerprint density at radius 1 is 0.655 bits per heavy atom. The Morgan fingerprint density at radius 2 is 1.13 bits per heavy atom. The number of methoxy groups -OCH3 is 2. The lowest BCUT2D eigenvalue weighted by Crippen LogP contribution is -2.27. The summed E-state index contributed by atoms with van der Waals surface area (Å²) in [5.41, 5.74) is 8.42. The quantitative estimate of drug-likeness (QED) is 0.0326. The van der Waals surface area contributed by atoms with Gasteiger partial charge in [-0.15, -0.1) is 19.7 Å². The predicted octanol–water partition coefficient (Wildman–Crippen LogP) is 10.2. The Labute approximate surface area is 329 Å². The van der Waals surface area contributed by atoms with E-state index in [1.165, 1.54) is 16.7 Å². The van der Waals surface area contributed by atoms with Crippen molar-refractivity contribution in [1.29, 1.82) is 0 Å². The van der Waals surface area contributed by atoms with Crippen LogP contribution in [0, 0.1) is 0 Å². The van der Waals surface area contributed by atoms with Crippen molar-refractivity contribution in [2.45, 2.75) is 76.4 Å². The number of epoxide rings is 1. The maximum absolute atomic E-state index is 6.35. The zero-order valence-corrected chi connectivity index (χ0v) is 33.8. The number of hydrogen-bond donors (Lipinski definition) is 0. The lowest BCUT2D eigenvalue weighted by molar-refractivity contribution is 0.0553. The van der Waals surface area contributed by atoms with Gasteiger partial charge in [0.1, 0.15) is 43.2 Å². The molecule has 292 valence electrons. The standard InChI is InChI=1S/C49H60O6/c1-10-14-35-29-40(21-24-45(35)52-28-27-50-8)48(5,6)38-17-19-39(20-18-38)49(7,42-23-26-47(37(31-42)16-12-3)55-34-44-33-53-44)41-22-25-46(36(30-41)15-11-2)54-32-43(13-4)51-9/h10-12,17-26,29-31,43-44H,1-3,13-16,27-28,32-34H2,4-9H3. The third-order valence-corrected chi connectivity index (χ3v) is 10.9. The summed E-state index contributed by atoms with van der Waals surface area (Å²) in [7, 11) is 3.42. The molecule has 6 nitrogen and oxygen atoms in total. The van der Waals surface area contributed by atoms with E-state index < -0.39 is 5.41 Å². The first-order valence-corrected chi connectivity index (χ1v) is 19.5. The third-order valence-electron chi connectivity index (χ3n) is 10.9. The molecule has 0 spiro atoms. The molecule has 0 amide bonds. The molecule has 3 atom stereocenters. The molecule has 1 saturated heterocycles. The van der Waals surface area contributed by atoms with E-state index in [0.717, 1.165) is 64.5 Å². The Kier molecular flexibility index (Phi) is 14.6. The van der Waals surface area contributed by atoms with Crippen LogP contribution in [-0.4, -0.2) is 59.5 Å². The van der Waals surface area contributed by atoms with Crippen LogP contribution < -0.4 is 14.2 Å². The first-order chi connectivity index (χ1) is 26.6. The summed E-state index contributed by atoms with van der Waals surface area (Å²) in [5.74, 6) is 2.58. The Hall–Kier alpha value is -4.62. The van der Waals surface area contributed by atoms with Crippen LogP contribution in [0.4, 0.5) is 0 Å². The van der Waals surface area contributed by atoms with E-state index in [1.54, 1.807) is 14.2 Å². The van der Waals surface area contributed by atoms with Gasteiger partial charge in [0.2, 0.25) is 0 Å². The van der Waals surface area contributed by atoms with Crippen molar-refractivity contribution >= 4 is 0 Å². The molecule has 0 aromatic heterocycles. The zero-order valence-electron chi connectivity index (χ0n) is 33.8. The molecule has 55 heavy (non-hydrogen) atoms. The van der Waals surface area contributed by atoms with Crippen molar-refractivity contribution in [2.75, 3.05) is 47.3 Å². The molecule has 0 saturated carbocycles. The SMILES string of the molecule is C=CCc1cc(C(C)(C)c2ccc(C(C)(c3ccc(OCC(CC)OC)c(CC=C)c3)c3ccc(OCC4CO4)c(CC=C)c3)cc2)ccc1OCCOC. The molecule has 0 radical (unpaired) electrons. The van der Waals surface area contributed by atoms with Crippen molar-refractivity contribution in [2.24, 2.45) is 0 Å². The van der Waals surface area contributed by atoms with E-state index in [-0.39, 0.29) is 17.6 Å². The van der Waals surface area contributed by atoms with Gasteiger partial charge in [-0.05, 0) is 95.3 Å². The summed E-state index contributed by atoms with van der Waals surface area (Å²) in [6.45, 7) is 23.9. The summed E-state index contributed by atoms with van der Waals surface area (Å²) in [6.07, 6.45) is 8.96. The van der Waals surface area contributed by atoms with Crippen molar-refractivity contribution in [1.82, 2.24) is 0 Å². The van der Waals surface area contributed by atoms with Gasteiger partial charge in [0.25, 0.3) is 0 Å². The fraction of sp³-hybridized carbons (Fsp3) is 0.388. The van der Waals surface area contributed by atoms with Gasteiger partial charge < -0.3 is 28.4 Å². The van der Waals surface area contributed by atoms with Crippen LogP contribution in [0.5, 0.6) is 17.2 Å². The Balaban J connectivity index is 1.58. The number of ether oxygens (including phenoxy) is 6. The van der Waals surface area contributed by atoms with Gasteiger partial charge >= 0.3 is 0 Å². The smallest absolute Gasteiger partial charge is 0.122 e. The van der Waals surface area contributed by atoms with E-state index in [2.05, 4.69) is 126 Å². The third kappa shape index (κ3) is 9.98. The molecule has 0 N–H and O–H groups in total. The first kappa shape index (κ1) is 41.5. The highest BCUT2D eigenvalue weighted by Crippen LogP contribution is 2.43. The van der Waals surface area contributed by atoms with Gasteiger partial charge in [-0.1, -0.05) is 99.7 Å². The first-order valence-electron chi connectivity index (χ1n) is 19.5. The molecule has 1 heterocycles. The summed E-state index contributed by atoms with van der Waals surface area (Å²) >= 11 is 0. The molecule has 1 fully saturated rings. The van der Waals surface area contributed by atoms with Gasteiger partial charge in [0, 0.05) is 25.0 Å². The molecule has 1 aliphatic rings. The second-order valence-corrected chi connectivity index (χ2v) is 15.0. The number of hydrogen-bond acceptors (Lipinski definition) is 6. The maximum atomic E-state index is 6.35. The molecule has 5 rings (SSSR count). The summed E-state index contributed by atoms with van der Waals surface area (Å²) < 4.78 is 34.9. The topological polar surface area (TPSA) is 58.7 Å². The highest BCUT2D eigenvalue weighted by molar-refractivity contribution is 5.56. The van der Waals surface area contributed by atoms with Crippen LogP contribution in [-0.2, 0) is 44.3 Å². The van der Waals surface area contributed by atoms with Gasteiger partial charge in [0.05, 0.1) is 19.3 Å². The molecule has 0 aliphatic carbocycles. The lowest BCUT2D eigenvalue weighted by atomic mass is 9.69. The minimum atomic E-state index is -0.526. The minimum absolute atomic E-state index is 0.0283. The van der Waals surface area contributed by atoms with Crippen LogP contribution in [0.1, 0.15) is 78.6 Å². The van der Waals surface area contributed by atoms with Crippen molar-refractivity contribution in [3.63, 3.8) is 0 Å². The monoisotopic (exact) mass is 744 g/mol. The number of allylic oxidation sites excluding steroid dienone is 3. The highest BCUT2D eigenvalue weighted by Gasteiger charge is 2.34. The van der Waals surface area contributed by atoms with E-state index in [9.17, 15) is 0 Å². The largest absolute Gasteiger partial charge is 0.491 e. The fourth-order valence-corrected chi connectivity index (χ4v) is 7.12. The second kappa shape index (κ2) is 19.3. The molecule has 1 aliphatic heterocycles. The average molecular weight is 745 g/mol. The number of rotatable bonds is 23. The van der Waals surface area contributed by atoms with Crippen LogP contribution in [0.25, 0.3) is 0 Å². The molecular formula is C49H60O6. The number of benzene rings is 4. The lowest BCUT2D eigenvalue weighted by Gasteiger charge is -2.34. The molecule has 4 aromatic rings. The summed E-state index contributed by atoms with van der Waals surface area (Å²) in [5, 5.41) is 0. The average Bonchev–Trinajstić information content (AvgIpc) is 4.03. The van der Waals surface area contributed by atoms with Crippen molar-refractivity contribution < 1.29 is 28.4 Å². The van der Waals surface area contributed by atoms with Crippen molar-refractivity contribution in [3.05, 3.63) is 161 Å². The minimum Gasteiger partial charge on any atom is -0.491 e. The van der Waals surface area contributed by atoms with Gasteiger partial charge in [-0.2, -0.15) is 0 Å². The maximum Gasteiger partial charge on any atom is 0.122 e. The highest BCUT2D eigenvalue weighted by atomic mass is 16.6. The van der Waals surface area contributed by atoms with Crippen molar-refractivity contribution in [3.8, 4) is 17.2 Å². The van der Waals surface area contributed by atoms with E-state index in [4.69, 9.17) is 28.4 Å². The van der Waals surface area contributed by atoms with Gasteiger partial charge in [0.15, 0.2) is 0 Å². The van der Waals surface area contributed by atoms with Crippen LogP contribution in [0.3, 0.4) is 0 Å². The molecule has 6 heteroatoms. The van der Waals surface area contributed by atoms with Gasteiger partial charge in [-0.25, -0.2) is 0 Å².